The molecule has 5 heteroatoms. The molecular formula is C34H41ClN2O2. The molecule has 0 bridgehead atoms. The third-order valence-corrected chi connectivity index (χ3v) is 9.41. The number of hydrogen-bond acceptors (Lipinski definition) is 4. The Labute approximate surface area is 238 Å². The Kier molecular flexibility index (Phi) is 7.34. The summed E-state index contributed by atoms with van der Waals surface area (Å²) in [6.07, 6.45) is 11.7. The first-order valence-corrected chi connectivity index (χ1v) is 14.5. The van der Waals surface area contributed by atoms with Gasteiger partial charge in [-0.2, -0.15) is 0 Å². The molecule has 0 saturated heterocycles. The molecule has 206 valence electrons. The maximum Gasteiger partial charge on any atom is 0.124 e. The fraction of sp³-hybridized carbons (Fsp3) is 0.412. The summed E-state index contributed by atoms with van der Waals surface area (Å²) in [4.78, 5) is 2.10. The maximum absolute atomic E-state index is 11.1. The van der Waals surface area contributed by atoms with Gasteiger partial charge in [0.25, 0.3) is 0 Å². The van der Waals surface area contributed by atoms with Crippen molar-refractivity contribution in [3.8, 4) is 0 Å². The molecule has 0 amide bonds. The van der Waals surface area contributed by atoms with E-state index in [0.29, 0.717) is 0 Å². The molecular weight excluding hydrogens is 504 g/mol. The zero-order valence-corrected chi connectivity index (χ0v) is 24.8. The van der Waals surface area contributed by atoms with Crippen molar-refractivity contribution in [3.05, 3.63) is 105 Å². The Morgan fingerprint density at radius 3 is 2.46 bits per heavy atom. The topological polar surface area (TPSA) is 46.9 Å². The minimum atomic E-state index is -0.603. The highest BCUT2D eigenvalue weighted by Gasteiger charge is 2.44. The van der Waals surface area contributed by atoms with Gasteiger partial charge in [0.15, 0.2) is 0 Å². The molecule has 0 saturated carbocycles. The van der Waals surface area contributed by atoms with Crippen LogP contribution in [0.15, 0.2) is 88.6 Å². The number of nitrogens with zero attached hydrogens (tertiary/aromatic N) is 2. The lowest BCUT2D eigenvalue weighted by atomic mass is 9.80. The fourth-order valence-electron chi connectivity index (χ4n) is 6.84. The standard InChI is InChI=1S/C34H41ClN2O2/c1-7-23-12-11-17-28-31(23)34(5,6)30(37(28)39)21-19-25-14-10-13-24(32(25)35)18-20-29-33(3,4)26-15-8-9-16-27(26)36(29)22(2)38/h8-9,11-12,15-22,29,38-39H,7,10,13-14H2,1-6H3. The second-order valence-corrected chi connectivity index (χ2v) is 12.5. The first kappa shape index (κ1) is 27.8. The molecule has 0 aromatic heterocycles. The molecule has 3 aliphatic rings. The first-order valence-electron chi connectivity index (χ1n) is 14.2. The zero-order chi connectivity index (χ0) is 28.1. The number of anilines is 2. The molecule has 2 aromatic carbocycles. The van der Waals surface area contributed by atoms with Crippen LogP contribution < -0.4 is 9.96 Å². The van der Waals surface area contributed by atoms with Gasteiger partial charge in [-0.05, 0) is 78.7 Å². The lowest BCUT2D eigenvalue weighted by molar-refractivity contribution is 0.177. The number of para-hydroxylation sites is 1. The van der Waals surface area contributed by atoms with Gasteiger partial charge in [0.05, 0.1) is 17.4 Å². The molecule has 2 N–H and O–H groups in total. The molecule has 39 heavy (non-hydrogen) atoms. The monoisotopic (exact) mass is 544 g/mol. The molecule has 1 aliphatic carbocycles. The number of halogens is 1. The highest BCUT2D eigenvalue weighted by atomic mass is 35.5. The van der Waals surface area contributed by atoms with E-state index in [1.807, 2.05) is 31.2 Å². The lowest BCUT2D eigenvalue weighted by Crippen LogP contribution is -2.44. The summed E-state index contributed by atoms with van der Waals surface area (Å²) in [5.74, 6) is 0. The minimum absolute atomic E-state index is 0.0110. The predicted octanol–water partition coefficient (Wildman–Crippen LogP) is 8.28. The molecule has 2 atom stereocenters. The quantitative estimate of drug-likeness (QED) is 0.397. The molecule has 2 unspecified atom stereocenters. The van der Waals surface area contributed by atoms with Crippen molar-refractivity contribution in [3.63, 3.8) is 0 Å². The Hall–Kier alpha value is -2.79. The molecule has 0 fully saturated rings. The van der Waals surface area contributed by atoms with Crippen molar-refractivity contribution in [2.24, 2.45) is 0 Å². The van der Waals surface area contributed by atoms with E-state index < -0.39 is 6.23 Å². The predicted molar refractivity (Wildman–Crippen MR) is 163 cm³/mol. The average molecular weight is 545 g/mol. The number of fused-ring (bicyclic) bond motifs is 2. The molecule has 5 rings (SSSR count). The Morgan fingerprint density at radius 2 is 1.74 bits per heavy atom. The van der Waals surface area contributed by atoms with Crippen LogP contribution in [-0.2, 0) is 17.3 Å². The highest BCUT2D eigenvalue weighted by Crippen LogP contribution is 2.49. The number of hydrogen-bond donors (Lipinski definition) is 2. The largest absolute Gasteiger partial charge is 0.374 e. The van der Waals surface area contributed by atoms with Gasteiger partial charge in [0.1, 0.15) is 6.23 Å². The summed E-state index contributed by atoms with van der Waals surface area (Å²) in [6, 6.07) is 14.5. The van der Waals surface area contributed by atoms with E-state index >= 15 is 0 Å². The van der Waals surface area contributed by atoms with Crippen LogP contribution >= 0.6 is 11.6 Å². The second-order valence-electron chi connectivity index (χ2n) is 12.1. The van der Waals surface area contributed by atoms with E-state index in [1.165, 1.54) is 21.8 Å². The summed E-state index contributed by atoms with van der Waals surface area (Å²) in [5, 5.41) is 23.9. The van der Waals surface area contributed by atoms with Gasteiger partial charge >= 0.3 is 0 Å². The van der Waals surface area contributed by atoms with Crippen molar-refractivity contribution in [2.75, 3.05) is 9.96 Å². The van der Waals surface area contributed by atoms with Gasteiger partial charge in [-0.1, -0.05) is 94.8 Å². The van der Waals surface area contributed by atoms with Crippen molar-refractivity contribution < 1.29 is 10.3 Å². The van der Waals surface area contributed by atoms with Gasteiger partial charge < -0.3 is 10.0 Å². The molecule has 4 nitrogen and oxygen atoms in total. The van der Waals surface area contributed by atoms with Crippen molar-refractivity contribution in [1.29, 1.82) is 0 Å². The summed E-state index contributed by atoms with van der Waals surface area (Å²) in [7, 11) is 0. The van der Waals surface area contributed by atoms with Gasteiger partial charge in [0.2, 0.25) is 0 Å². The Bertz CT molecular complexity index is 1400. The number of hydroxylamine groups is 1. The van der Waals surface area contributed by atoms with E-state index in [4.69, 9.17) is 11.6 Å². The lowest BCUT2D eigenvalue weighted by Gasteiger charge is -2.34. The van der Waals surface area contributed by atoms with Crippen LogP contribution in [0, 0.1) is 0 Å². The van der Waals surface area contributed by atoms with Crippen molar-refractivity contribution in [2.45, 2.75) is 90.3 Å². The summed E-state index contributed by atoms with van der Waals surface area (Å²) in [6.45, 7) is 12.8. The third-order valence-electron chi connectivity index (χ3n) is 8.93. The summed E-state index contributed by atoms with van der Waals surface area (Å²) in [5.41, 5.74) is 8.25. The van der Waals surface area contributed by atoms with E-state index in [-0.39, 0.29) is 16.9 Å². The highest BCUT2D eigenvalue weighted by molar-refractivity contribution is 6.32. The molecule has 2 aliphatic heterocycles. The molecule has 2 aromatic rings. The van der Waals surface area contributed by atoms with Gasteiger partial charge in [0, 0.05) is 21.5 Å². The fourth-order valence-corrected chi connectivity index (χ4v) is 7.16. The van der Waals surface area contributed by atoms with Crippen LogP contribution in [0.2, 0.25) is 0 Å². The minimum Gasteiger partial charge on any atom is -0.374 e. The molecule has 0 spiro atoms. The third kappa shape index (κ3) is 4.57. The van der Waals surface area contributed by atoms with Crippen molar-refractivity contribution in [1.82, 2.24) is 0 Å². The number of rotatable bonds is 5. The zero-order valence-electron chi connectivity index (χ0n) is 24.0. The van der Waals surface area contributed by atoms with E-state index in [9.17, 15) is 10.3 Å². The van der Waals surface area contributed by atoms with Crippen LogP contribution in [0.25, 0.3) is 0 Å². The average Bonchev–Trinajstić information content (AvgIpc) is 3.25. The van der Waals surface area contributed by atoms with Crippen LogP contribution in [0.3, 0.4) is 0 Å². The smallest absolute Gasteiger partial charge is 0.124 e. The number of aliphatic hydroxyl groups is 1. The van der Waals surface area contributed by atoms with Crippen molar-refractivity contribution >= 4 is 23.0 Å². The SMILES string of the molecule is CCc1cccc2c1C(C)(C)C(=CC=C1CCCC(C=CC3N(C(C)O)c4ccccc4C3(C)C)=C1Cl)N2O. The van der Waals surface area contributed by atoms with Crippen LogP contribution in [0.1, 0.15) is 77.5 Å². The van der Waals surface area contributed by atoms with Crippen LogP contribution in [-0.4, -0.2) is 22.6 Å². The summed E-state index contributed by atoms with van der Waals surface area (Å²) < 4.78 is 0. The Morgan fingerprint density at radius 1 is 1.03 bits per heavy atom. The molecule has 0 radical (unpaired) electrons. The maximum atomic E-state index is 11.1. The van der Waals surface area contributed by atoms with Gasteiger partial charge in [-0.3, -0.25) is 5.21 Å². The van der Waals surface area contributed by atoms with E-state index in [0.717, 1.165) is 58.9 Å². The van der Waals surface area contributed by atoms with E-state index in [2.05, 4.69) is 82.0 Å². The number of aryl methyl sites for hydroxylation is 1. The van der Waals surface area contributed by atoms with Crippen LogP contribution in [0.5, 0.6) is 0 Å². The number of benzene rings is 2. The molecule has 2 heterocycles. The second kappa shape index (κ2) is 10.3. The summed E-state index contributed by atoms with van der Waals surface area (Å²) >= 11 is 7.01. The Balaban J connectivity index is 1.46. The van der Waals surface area contributed by atoms with Gasteiger partial charge in [-0.25, -0.2) is 5.06 Å². The number of allylic oxidation sites excluding steroid dienone is 7. The normalized spacial score (nSPS) is 24.7. The van der Waals surface area contributed by atoms with E-state index in [1.54, 1.807) is 0 Å². The van der Waals surface area contributed by atoms with Crippen LogP contribution in [0.4, 0.5) is 11.4 Å². The van der Waals surface area contributed by atoms with Gasteiger partial charge in [-0.15, -0.1) is 0 Å². The first-order chi connectivity index (χ1) is 18.5. The number of aliphatic hydroxyl groups excluding tert-OH is 1.